The Hall–Kier alpha value is -2.31. The zero-order valence-electron chi connectivity index (χ0n) is 9.90. The van der Waals surface area contributed by atoms with E-state index in [9.17, 15) is 13.2 Å². The van der Waals surface area contributed by atoms with Crippen molar-refractivity contribution >= 4 is 5.69 Å². The minimum Gasteiger partial charge on any atom is -0.424 e. The summed E-state index contributed by atoms with van der Waals surface area (Å²) in [5.74, 6) is -0.384. The fraction of sp³-hybridized carbons (Fsp3) is 0.167. The van der Waals surface area contributed by atoms with Crippen molar-refractivity contribution in [2.24, 2.45) is 0 Å². The summed E-state index contributed by atoms with van der Waals surface area (Å²) < 4.78 is 43.5. The maximum absolute atomic E-state index is 12.8. The monoisotopic (exact) mass is 269 g/mol. The highest BCUT2D eigenvalue weighted by Crippen LogP contribution is 2.38. The Morgan fingerprint density at radius 3 is 2.37 bits per heavy atom. The number of rotatable bonds is 2. The first-order valence-corrected chi connectivity index (χ1v) is 5.29. The Morgan fingerprint density at radius 2 is 1.79 bits per heavy atom. The van der Waals surface area contributed by atoms with Gasteiger partial charge in [0.1, 0.15) is 11.3 Å². The molecule has 2 aromatic rings. The van der Waals surface area contributed by atoms with E-state index in [2.05, 4.69) is 9.97 Å². The average Bonchev–Trinajstić information content (AvgIpc) is 2.33. The van der Waals surface area contributed by atoms with E-state index in [1.165, 1.54) is 18.5 Å². The highest BCUT2D eigenvalue weighted by molar-refractivity contribution is 5.49. The van der Waals surface area contributed by atoms with E-state index in [-0.39, 0.29) is 17.4 Å². The second kappa shape index (κ2) is 4.75. The molecule has 0 bridgehead atoms. The van der Waals surface area contributed by atoms with Gasteiger partial charge in [0.25, 0.3) is 0 Å². The number of anilines is 1. The number of halogens is 3. The van der Waals surface area contributed by atoms with E-state index in [0.29, 0.717) is 0 Å². The van der Waals surface area contributed by atoms with Crippen LogP contribution in [0.15, 0.2) is 30.6 Å². The largest absolute Gasteiger partial charge is 0.424 e. The van der Waals surface area contributed by atoms with Gasteiger partial charge in [-0.15, -0.1) is 0 Å². The lowest BCUT2D eigenvalue weighted by Gasteiger charge is -2.13. The van der Waals surface area contributed by atoms with E-state index < -0.39 is 11.7 Å². The van der Waals surface area contributed by atoms with Crippen LogP contribution in [0.5, 0.6) is 11.8 Å². The lowest BCUT2D eigenvalue weighted by Crippen LogP contribution is -2.08. The number of hydrogen-bond donors (Lipinski definition) is 1. The first-order chi connectivity index (χ1) is 8.86. The number of aromatic nitrogens is 2. The van der Waals surface area contributed by atoms with Gasteiger partial charge < -0.3 is 10.5 Å². The van der Waals surface area contributed by atoms with E-state index in [1.807, 2.05) is 0 Å². The van der Waals surface area contributed by atoms with Gasteiger partial charge in [0.15, 0.2) is 0 Å². The highest BCUT2D eigenvalue weighted by Gasteiger charge is 2.35. The summed E-state index contributed by atoms with van der Waals surface area (Å²) in [4.78, 5) is 7.57. The number of nitrogens with zero attached hydrogens (tertiary/aromatic N) is 2. The molecule has 0 saturated carbocycles. The standard InChI is InChI=1S/C12H10F3N3O/c1-7-5-17-11(18-6-7)19-10-3-2-8(16)4-9(10)12(13,14)15/h2-6H,16H2,1H3. The fourth-order valence-electron chi connectivity index (χ4n) is 1.39. The van der Waals surface area contributed by atoms with Gasteiger partial charge in [-0.25, -0.2) is 9.97 Å². The van der Waals surface area contributed by atoms with Crippen LogP contribution in [0, 0.1) is 6.92 Å². The zero-order valence-corrected chi connectivity index (χ0v) is 9.90. The van der Waals surface area contributed by atoms with Crippen LogP contribution >= 0.6 is 0 Å². The third kappa shape index (κ3) is 3.12. The summed E-state index contributed by atoms with van der Waals surface area (Å²) in [5.41, 5.74) is 5.17. The van der Waals surface area contributed by atoms with Gasteiger partial charge in [0.2, 0.25) is 0 Å². The van der Waals surface area contributed by atoms with E-state index >= 15 is 0 Å². The van der Waals surface area contributed by atoms with Crippen molar-refractivity contribution in [2.45, 2.75) is 13.1 Å². The van der Waals surface area contributed by atoms with Gasteiger partial charge in [0, 0.05) is 18.1 Å². The van der Waals surface area contributed by atoms with Gasteiger partial charge in [-0.2, -0.15) is 13.2 Å². The zero-order chi connectivity index (χ0) is 14.0. The number of ether oxygens (including phenoxy) is 1. The molecule has 0 aliphatic rings. The molecule has 0 amide bonds. The van der Waals surface area contributed by atoms with E-state index in [4.69, 9.17) is 10.5 Å². The molecular formula is C12H10F3N3O. The number of aryl methyl sites for hydroxylation is 1. The quantitative estimate of drug-likeness (QED) is 0.850. The summed E-state index contributed by atoms with van der Waals surface area (Å²) in [7, 11) is 0. The molecule has 1 aromatic carbocycles. The normalized spacial score (nSPS) is 11.4. The number of benzene rings is 1. The molecule has 2 rings (SSSR count). The molecular weight excluding hydrogens is 259 g/mol. The molecule has 0 saturated heterocycles. The Bertz CT molecular complexity index is 582. The van der Waals surface area contributed by atoms with Gasteiger partial charge >= 0.3 is 12.2 Å². The minimum absolute atomic E-state index is 0.00417. The number of hydrogen-bond acceptors (Lipinski definition) is 4. The maximum atomic E-state index is 12.8. The summed E-state index contributed by atoms with van der Waals surface area (Å²) in [6.45, 7) is 1.76. The number of alkyl halides is 3. The molecule has 0 spiro atoms. The van der Waals surface area contributed by atoms with Crippen LogP contribution in [-0.2, 0) is 6.18 Å². The molecule has 0 aliphatic heterocycles. The first kappa shape index (κ1) is 13.1. The van der Waals surface area contributed by atoms with Crippen molar-refractivity contribution in [3.05, 3.63) is 41.7 Å². The average molecular weight is 269 g/mol. The second-order valence-electron chi connectivity index (χ2n) is 3.90. The van der Waals surface area contributed by atoms with Crippen LogP contribution < -0.4 is 10.5 Å². The molecule has 1 aromatic heterocycles. The van der Waals surface area contributed by atoms with E-state index in [0.717, 1.165) is 17.7 Å². The second-order valence-corrected chi connectivity index (χ2v) is 3.90. The Morgan fingerprint density at radius 1 is 1.16 bits per heavy atom. The van der Waals surface area contributed by atoms with Crippen LogP contribution in [0.25, 0.3) is 0 Å². The highest BCUT2D eigenvalue weighted by atomic mass is 19.4. The molecule has 19 heavy (non-hydrogen) atoms. The third-order valence-electron chi connectivity index (χ3n) is 2.27. The van der Waals surface area contributed by atoms with Crippen LogP contribution in [-0.4, -0.2) is 9.97 Å². The predicted octanol–water partition coefficient (Wildman–Crippen LogP) is 3.18. The molecule has 2 N–H and O–H groups in total. The topological polar surface area (TPSA) is 61.0 Å². The van der Waals surface area contributed by atoms with Gasteiger partial charge in [-0.1, -0.05) is 0 Å². The van der Waals surface area contributed by atoms with Crippen molar-refractivity contribution in [1.29, 1.82) is 0 Å². The SMILES string of the molecule is Cc1cnc(Oc2ccc(N)cc2C(F)(F)F)nc1. The fourth-order valence-corrected chi connectivity index (χ4v) is 1.39. The summed E-state index contributed by atoms with van der Waals surface area (Å²) in [6, 6.07) is 3.12. The van der Waals surface area contributed by atoms with Crippen LogP contribution in [0.4, 0.5) is 18.9 Å². The lowest BCUT2D eigenvalue weighted by atomic mass is 10.1. The molecule has 0 aliphatic carbocycles. The summed E-state index contributed by atoms with van der Waals surface area (Å²) in [5, 5.41) is 0. The molecule has 4 nitrogen and oxygen atoms in total. The maximum Gasteiger partial charge on any atom is 0.420 e. The summed E-state index contributed by atoms with van der Waals surface area (Å²) in [6.07, 6.45) is -1.66. The predicted molar refractivity (Wildman–Crippen MR) is 62.7 cm³/mol. The molecule has 0 unspecified atom stereocenters. The van der Waals surface area contributed by atoms with Crippen molar-refractivity contribution < 1.29 is 17.9 Å². The minimum atomic E-state index is -4.56. The number of nitrogen functional groups attached to an aromatic ring is 1. The summed E-state index contributed by atoms with van der Waals surface area (Å²) >= 11 is 0. The Labute approximate surface area is 107 Å². The first-order valence-electron chi connectivity index (χ1n) is 5.29. The molecule has 7 heteroatoms. The smallest absolute Gasteiger partial charge is 0.420 e. The van der Waals surface area contributed by atoms with E-state index in [1.54, 1.807) is 6.92 Å². The van der Waals surface area contributed by atoms with Crippen LogP contribution in [0.1, 0.15) is 11.1 Å². The van der Waals surface area contributed by atoms with Crippen molar-refractivity contribution in [3.8, 4) is 11.8 Å². The van der Waals surface area contributed by atoms with Crippen molar-refractivity contribution in [2.75, 3.05) is 5.73 Å². The van der Waals surface area contributed by atoms with Crippen molar-refractivity contribution in [1.82, 2.24) is 9.97 Å². The molecule has 1 heterocycles. The van der Waals surface area contributed by atoms with Gasteiger partial charge in [-0.05, 0) is 30.7 Å². The van der Waals surface area contributed by atoms with Gasteiger partial charge in [0.05, 0.1) is 0 Å². The number of nitrogens with two attached hydrogens (primary N) is 1. The van der Waals surface area contributed by atoms with Gasteiger partial charge in [-0.3, -0.25) is 0 Å². The molecule has 100 valence electrons. The molecule has 0 fully saturated rings. The van der Waals surface area contributed by atoms with Crippen molar-refractivity contribution in [3.63, 3.8) is 0 Å². The van der Waals surface area contributed by atoms with Crippen LogP contribution in [0.3, 0.4) is 0 Å². The third-order valence-corrected chi connectivity index (χ3v) is 2.27. The Balaban J connectivity index is 2.37. The molecule has 0 atom stereocenters. The lowest BCUT2D eigenvalue weighted by molar-refractivity contribution is -0.138. The molecule has 0 radical (unpaired) electrons. The Kier molecular flexibility index (Phi) is 3.28. The van der Waals surface area contributed by atoms with Crippen LogP contribution in [0.2, 0.25) is 0 Å².